The first-order valence-electron chi connectivity index (χ1n) is 7.28. The van der Waals surface area contributed by atoms with Crippen molar-refractivity contribution in [2.75, 3.05) is 38.3 Å². The van der Waals surface area contributed by atoms with E-state index in [1.807, 2.05) is 0 Å². The third-order valence-electron chi connectivity index (χ3n) is 3.87. The fraction of sp³-hybridized carbons (Fsp3) is 0.571. The first-order chi connectivity index (χ1) is 10.7. The van der Waals surface area contributed by atoms with Crippen molar-refractivity contribution in [3.05, 3.63) is 23.1 Å². The van der Waals surface area contributed by atoms with Crippen LogP contribution in [0, 0.1) is 0 Å². The van der Waals surface area contributed by atoms with Gasteiger partial charge in [0.15, 0.2) is 5.82 Å². The number of hydrogen-bond acceptors (Lipinski definition) is 6. The molecule has 8 heteroatoms. The number of fused-ring (bicyclic) bond motifs is 1. The van der Waals surface area contributed by atoms with Crippen LogP contribution < -0.4 is 5.32 Å². The largest absolute Gasteiger partial charge is 0.394 e. The standard InChI is InChI=1S/C14H19BrN4O3/c15-11-9-18-19-4-3-16-13(12(11)19)17-10-14(22-8-5-20)1-6-21-7-2-14/h3-4,9,20H,1-2,5-8,10H2,(H,16,17). The molecule has 2 aromatic heterocycles. The van der Waals surface area contributed by atoms with Gasteiger partial charge in [0.05, 0.1) is 29.5 Å². The number of aromatic nitrogens is 3. The second-order valence-corrected chi connectivity index (χ2v) is 6.14. The van der Waals surface area contributed by atoms with Gasteiger partial charge in [0.25, 0.3) is 0 Å². The fourth-order valence-electron chi connectivity index (χ4n) is 2.66. The average Bonchev–Trinajstić information content (AvgIpc) is 2.94. The SMILES string of the molecule is OCCOC1(CNc2nccn3ncc(Br)c23)CCOCC1. The molecular weight excluding hydrogens is 352 g/mol. The van der Waals surface area contributed by atoms with Crippen molar-refractivity contribution in [2.45, 2.75) is 18.4 Å². The van der Waals surface area contributed by atoms with Crippen molar-refractivity contribution in [1.29, 1.82) is 0 Å². The molecule has 0 aliphatic carbocycles. The van der Waals surface area contributed by atoms with E-state index in [1.54, 1.807) is 23.1 Å². The molecule has 0 aromatic carbocycles. The Hall–Kier alpha value is -1.22. The van der Waals surface area contributed by atoms with Crippen LogP contribution in [-0.2, 0) is 9.47 Å². The summed E-state index contributed by atoms with van der Waals surface area (Å²) in [6, 6.07) is 0. The van der Waals surface area contributed by atoms with Crippen molar-refractivity contribution >= 4 is 27.3 Å². The Morgan fingerprint density at radius 2 is 2.27 bits per heavy atom. The number of rotatable bonds is 6. The Morgan fingerprint density at radius 1 is 1.45 bits per heavy atom. The summed E-state index contributed by atoms with van der Waals surface area (Å²) in [4.78, 5) is 4.40. The molecule has 0 amide bonds. The predicted molar refractivity (Wildman–Crippen MR) is 85.0 cm³/mol. The topological polar surface area (TPSA) is 80.9 Å². The van der Waals surface area contributed by atoms with E-state index in [0.717, 1.165) is 28.6 Å². The van der Waals surface area contributed by atoms with Crippen molar-refractivity contribution in [2.24, 2.45) is 0 Å². The molecule has 0 spiro atoms. The summed E-state index contributed by atoms with van der Waals surface area (Å²) >= 11 is 3.49. The van der Waals surface area contributed by atoms with Gasteiger partial charge in [-0.25, -0.2) is 9.50 Å². The van der Waals surface area contributed by atoms with E-state index in [4.69, 9.17) is 14.6 Å². The molecule has 3 heterocycles. The van der Waals surface area contributed by atoms with E-state index in [9.17, 15) is 0 Å². The van der Waals surface area contributed by atoms with Gasteiger partial charge in [-0.3, -0.25) is 0 Å². The Bertz CT molecular complexity index is 628. The highest BCUT2D eigenvalue weighted by molar-refractivity contribution is 9.10. The van der Waals surface area contributed by atoms with Gasteiger partial charge in [-0.1, -0.05) is 0 Å². The lowest BCUT2D eigenvalue weighted by Crippen LogP contribution is -2.45. The maximum Gasteiger partial charge on any atom is 0.153 e. The second-order valence-electron chi connectivity index (χ2n) is 5.28. The van der Waals surface area contributed by atoms with Crippen LogP contribution in [0.25, 0.3) is 5.52 Å². The van der Waals surface area contributed by atoms with Crippen LogP contribution in [0.1, 0.15) is 12.8 Å². The quantitative estimate of drug-likeness (QED) is 0.801. The summed E-state index contributed by atoms with van der Waals surface area (Å²) in [6.45, 7) is 2.29. The van der Waals surface area contributed by atoms with E-state index >= 15 is 0 Å². The number of ether oxygens (including phenoxy) is 2. The summed E-state index contributed by atoms with van der Waals surface area (Å²) in [5, 5.41) is 16.7. The number of aliphatic hydroxyl groups excluding tert-OH is 1. The third kappa shape index (κ3) is 3.24. The predicted octanol–water partition coefficient (Wildman–Crippen LogP) is 1.46. The summed E-state index contributed by atoms with van der Waals surface area (Å²) in [6.07, 6.45) is 6.85. The number of nitrogens with one attached hydrogen (secondary N) is 1. The average molecular weight is 371 g/mol. The van der Waals surface area contributed by atoms with Crippen LogP contribution in [0.4, 0.5) is 5.82 Å². The molecule has 120 valence electrons. The molecule has 7 nitrogen and oxygen atoms in total. The van der Waals surface area contributed by atoms with Gasteiger partial charge in [-0.15, -0.1) is 0 Å². The number of hydrogen-bond donors (Lipinski definition) is 2. The van der Waals surface area contributed by atoms with E-state index in [0.29, 0.717) is 26.4 Å². The zero-order chi connectivity index (χ0) is 15.4. The first kappa shape index (κ1) is 15.7. The van der Waals surface area contributed by atoms with E-state index in [-0.39, 0.29) is 12.2 Å². The van der Waals surface area contributed by atoms with Gasteiger partial charge in [0.1, 0.15) is 5.52 Å². The molecule has 0 unspecified atom stereocenters. The van der Waals surface area contributed by atoms with E-state index in [2.05, 4.69) is 31.3 Å². The van der Waals surface area contributed by atoms with E-state index in [1.165, 1.54) is 0 Å². The number of aliphatic hydroxyl groups is 1. The summed E-state index contributed by atoms with van der Waals surface area (Å²) < 4.78 is 14.0. The van der Waals surface area contributed by atoms with Gasteiger partial charge in [0.2, 0.25) is 0 Å². The minimum atomic E-state index is -0.331. The molecule has 2 N–H and O–H groups in total. The van der Waals surface area contributed by atoms with Crippen LogP contribution >= 0.6 is 15.9 Å². The highest BCUT2D eigenvalue weighted by atomic mass is 79.9. The zero-order valence-corrected chi connectivity index (χ0v) is 13.8. The van der Waals surface area contributed by atoms with Crippen molar-refractivity contribution in [3.8, 4) is 0 Å². The summed E-state index contributed by atoms with van der Waals surface area (Å²) in [5.41, 5.74) is 0.564. The Kier molecular flexibility index (Phi) is 4.92. The molecular formula is C14H19BrN4O3. The Labute approximate surface area is 136 Å². The van der Waals surface area contributed by atoms with Crippen LogP contribution in [0.15, 0.2) is 23.1 Å². The molecule has 1 saturated heterocycles. The number of nitrogens with zero attached hydrogens (tertiary/aromatic N) is 3. The maximum atomic E-state index is 9.04. The van der Waals surface area contributed by atoms with Gasteiger partial charge in [-0.2, -0.15) is 5.10 Å². The molecule has 1 aliphatic heterocycles. The monoisotopic (exact) mass is 370 g/mol. The highest BCUT2D eigenvalue weighted by Gasteiger charge is 2.33. The summed E-state index contributed by atoms with van der Waals surface area (Å²) in [7, 11) is 0. The minimum absolute atomic E-state index is 0.0185. The minimum Gasteiger partial charge on any atom is -0.394 e. The number of halogens is 1. The molecule has 22 heavy (non-hydrogen) atoms. The maximum absolute atomic E-state index is 9.04. The molecule has 0 bridgehead atoms. The van der Waals surface area contributed by atoms with Gasteiger partial charge in [-0.05, 0) is 15.9 Å². The molecule has 0 radical (unpaired) electrons. The number of anilines is 1. The zero-order valence-electron chi connectivity index (χ0n) is 12.2. The van der Waals surface area contributed by atoms with Gasteiger partial charge >= 0.3 is 0 Å². The fourth-order valence-corrected chi connectivity index (χ4v) is 3.12. The second kappa shape index (κ2) is 6.91. The van der Waals surface area contributed by atoms with Crippen LogP contribution in [-0.4, -0.2) is 58.3 Å². The normalized spacial score (nSPS) is 17.7. The molecule has 0 saturated carbocycles. The molecule has 2 aromatic rings. The highest BCUT2D eigenvalue weighted by Crippen LogP contribution is 2.28. The van der Waals surface area contributed by atoms with Crippen molar-refractivity contribution < 1.29 is 14.6 Å². The van der Waals surface area contributed by atoms with E-state index < -0.39 is 0 Å². The van der Waals surface area contributed by atoms with Crippen molar-refractivity contribution in [3.63, 3.8) is 0 Å². The van der Waals surface area contributed by atoms with Crippen LogP contribution in [0.3, 0.4) is 0 Å². The van der Waals surface area contributed by atoms with Crippen LogP contribution in [0.5, 0.6) is 0 Å². The molecule has 3 rings (SSSR count). The van der Waals surface area contributed by atoms with Gasteiger partial charge < -0.3 is 19.9 Å². The Balaban J connectivity index is 1.77. The summed E-state index contributed by atoms with van der Waals surface area (Å²) in [5.74, 6) is 0.755. The van der Waals surface area contributed by atoms with Crippen LogP contribution in [0.2, 0.25) is 0 Å². The van der Waals surface area contributed by atoms with Gasteiger partial charge in [0, 0.05) is 45.0 Å². The lowest BCUT2D eigenvalue weighted by Gasteiger charge is -2.37. The Morgan fingerprint density at radius 3 is 3.05 bits per heavy atom. The smallest absolute Gasteiger partial charge is 0.153 e. The molecule has 0 atom stereocenters. The lowest BCUT2D eigenvalue weighted by molar-refractivity contribution is -0.109. The molecule has 1 aliphatic rings. The third-order valence-corrected chi connectivity index (χ3v) is 4.45. The van der Waals surface area contributed by atoms with Crippen molar-refractivity contribution in [1.82, 2.24) is 14.6 Å². The molecule has 1 fully saturated rings. The first-order valence-corrected chi connectivity index (χ1v) is 8.08. The lowest BCUT2D eigenvalue weighted by atomic mass is 9.94.